The number of likely N-dealkylation sites (tertiary alicyclic amines) is 1. The molecule has 1 aliphatic heterocycles. The number of ether oxygens (including phenoxy) is 1. The molecule has 130 valence electrons. The molecule has 1 saturated heterocycles. The zero-order valence-corrected chi connectivity index (χ0v) is 14.3. The smallest absolute Gasteiger partial charge is 0.229 e. The Morgan fingerprint density at radius 1 is 1.29 bits per heavy atom. The molecule has 2 aliphatic rings. The van der Waals surface area contributed by atoms with E-state index >= 15 is 0 Å². The second-order valence-corrected chi connectivity index (χ2v) is 6.67. The van der Waals surface area contributed by atoms with E-state index in [2.05, 4.69) is 5.32 Å². The van der Waals surface area contributed by atoms with Gasteiger partial charge in [0.15, 0.2) is 0 Å². The van der Waals surface area contributed by atoms with Crippen LogP contribution in [-0.2, 0) is 20.9 Å². The topological polar surface area (TPSA) is 58.6 Å². The molecule has 0 spiro atoms. The number of anilines is 1. The van der Waals surface area contributed by atoms with Crippen LogP contribution in [-0.4, -0.2) is 35.9 Å². The summed E-state index contributed by atoms with van der Waals surface area (Å²) in [5.41, 5.74) is 1.74. The highest BCUT2D eigenvalue weighted by molar-refractivity contribution is 5.97. The van der Waals surface area contributed by atoms with Crippen LogP contribution in [0.4, 0.5) is 5.69 Å². The molecule has 1 atom stereocenters. The second kappa shape index (κ2) is 7.79. The van der Waals surface area contributed by atoms with E-state index < -0.39 is 0 Å². The number of nitrogens with one attached hydrogen (secondary N) is 1. The number of carbonyl (C=O) groups excluding carboxylic acids is 2. The fourth-order valence-corrected chi connectivity index (χ4v) is 3.69. The zero-order chi connectivity index (χ0) is 16.9. The predicted octanol–water partition coefficient (Wildman–Crippen LogP) is 2.95. The van der Waals surface area contributed by atoms with Crippen molar-refractivity contribution >= 4 is 17.5 Å². The van der Waals surface area contributed by atoms with E-state index in [9.17, 15) is 9.59 Å². The van der Waals surface area contributed by atoms with Crippen molar-refractivity contribution in [1.29, 1.82) is 0 Å². The Kier molecular flexibility index (Phi) is 5.51. The van der Waals surface area contributed by atoms with E-state index in [1.165, 1.54) is 12.8 Å². The number of carbonyl (C=O) groups is 2. The first-order valence-electron chi connectivity index (χ1n) is 8.95. The molecule has 2 amide bonds. The Hall–Kier alpha value is -1.88. The van der Waals surface area contributed by atoms with Gasteiger partial charge in [0.25, 0.3) is 0 Å². The maximum absolute atomic E-state index is 12.6. The van der Waals surface area contributed by atoms with E-state index in [1.807, 2.05) is 36.1 Å². The first kappa shape index (κ1) is 17.0. The van der Waals surface area contributed by atoms with Crippen LogP contribution >= 0.6 is 0 Å². The number of hydrogen-bond acceptors (Lipinski definition) is 3. The maximum atomic E-state index is 12.6. The van der Waals surface area contributed by atoms with Crippen LogP contribution in [0.25, 0.3) is 0 Å². The lowest BCUT2D eigenvalue weighted by atomic mass is 10.1. The van der Waals surface area contributed by atoms with Gasteiger partial charge in [-0.05, 0) is 25.8 Å². The fraction of sp³-hybridized carbons (Fsp3) is 0.579. The SMILES string of the molecule is CCOCc1ccccc1NC(=O)C1CC(=O)N(C2CCCC2)C1. The summed E-state index contributed by atoms with van der Waals surface area (Å²) < 4.78 is 5.46. The van der Waals surface area contributed by atoms with E-state index in [1.54, 1.807) is 0 Å². The van der Waals surface area contributed by atoms with Crippen LogP contribution in [0, 0.1) is 5.92 Å². The minimum atomic E-state index is -0.252. The minimum absolute atomic E-state index is 0.0622. The lowest BCUT2D eigenvalue weighted by molar-refractivity contribution is -0.129. The first-order valence-corrected chi connectivity index (χ1v) is 8.95. The average molecular weight is 330 g/mol. The standard InChI is InChI=1S/C19H26N2O3/c1-2-24-13-14-7-3-6-10-17(14)20-19(23)15-11-18(22)21(12-15)16-8-4-5-9-16/h3,6-7,10,15-16H,2,4-5,8-9,11-13H2,1H3,(H,20,23). The Balaban J connectivity index is 1.62. The van der Waals surface area contributed by atoms with Crippen LogP contribution in [0.5, 0.6) is 0 Å². The third-order valence-electron chi connectivity index (χ3n) is 5.03. The molecule has 1 aromatic rings. The van der Waals surface area contributed by atoms with Gasteiger partial charge >= 0.3 is 0 Å². The van der Waals surface area contributed by atoms with Crippen LogP contribution in [0.15, 0.2) is 24.3 Å². The van der Waals surface area contributed by atoms with Gasteiger partial charge in [0.2, 0.25) is 11.8 Å². The van der Waals surface area contributed by atoms with Gasteiger partial charge in [-0.25, -0.2) is 0 Å². The predicted molar refractivity (Wildman–Crippen MR) is 92.5 cm³/mol. The molecule has 3 rings (SSSR count). The van der Waals surface area contributed by atoms with E-state index in [-0.39, 0.29) is 17.7 Å². The molecular weight excluding hydrogens is 304 g/mol. The third kappa shape index (κ3) is 3.78. The van der Waals surface area contributed by atoms with Gasteiger partial charge in [0.05, 0.1) is 12.5 Å². The Bertz CT molecular complexity index is 596. The third-order valence-corrected chi connectivity index (χ3v) is 5.03. The van der Waals surface area contributed by atoms with E-state index in [0.29, 0.717) is 32.2 Å². The molecule has 1 heterocycles. The molecule has 1 aromatic carbocycles. The lowest BCUT2D eigenvalue weighted by Gasteiger charge is -2.24. The average Bonchev–Trinajstić information content (AvgIpc) is 3.23. The van der Waals surface area contributed by atoms with Gasteiger partial charge in [0.1, 0.15) is 0 Å². The number of benzene rings is 1. The molecule has 0 aromatic heterocycles. The summed E-state index contributed by atoms with van der Waals surface area (Å²) in [7, 11) is 0. The van der Waals surface area contributed by atoms with E-state index in [0.717, 1.165) is 24.1 Å². The zero-order valence-electron chi connectivity index (χ0n) is 14.3. The summed E-state index contributed by atoms with van der Waals surface area (Å²) in [6.45, 7) is 3.62. The van der Waals surface area contributed by atoms with Gasteiger partial charge < -0.3 is 15.0 Å². The summed E-state index contributed by atoms with van der Waals surface area (Å²) in [6.07, 6.45) is 4.87. The number of nitrogens with zero attached hydrogens (tertiary/aromatic N) is 1. The summed E-state index contributed by atoms with van der Waals surface area (Å²) in [6, 6.07) is 8.02. The first-order chi connectivity index (χ1) is 11.7. The second-order valence-electron chi connectivity index (χ2n) is 6.67. The molecule has 0 bridgehead atoms. The Labute approximate surface area is 143 Å². The quantitative estimate of drug-likeness (QED) is 0.872. The van der Waals surface area contributed by atoms with Gasteiger partial charge in [-0.2, -0.15) is 0 Å². The van der Waals surface area contributed by atoms with Crippen molar-refractivity contribution in [3.05, 3.63) is 29.8 Å². The van der Waals surface area contributed by atoms with Gasteiger partial charge in [-0.15, -0.1) is 0 Å². The molecule has 24 heavy (non-hydrogen) atoms. The highest BCUT2D eigenvalue weighted by atomic mass is 16.5. The maximum Gasteiger partial charge on any atom is 0.229 e. The summed E-state index contributed by atoms with van der Waals surface area (Å²) in [5.74, 6) is -0.185. The molecule has 5 heteroatoms. The van der Waals surface area contributed by atoms with Crippen molar-refractivity contribution in [3.63, 3.8) is 0 Å². The molecule has 0 radical (unpaired) electrons. The molecule has 5 nitrogen and oxygen atoms in total. The molecule has 1 N–H and O–H groups in total. The number of rotatable bonds is 6. The van der Waals surface area contributed by atoms with Gasteiger partial charge in [-0.1, -0.05) is 31.0 Å². The van der Waals surface area contributed by atoms with Crippen molar-refractivity contribution in [1.82, 2.24) is 4.90 Å². The number of amides is 2. The van der Waals surface area contributed by atoms with Gasteiger partial charge in [-0.3, -0.25) is 9.59 Å². The highest BCUT2D eigenvalue weighted by Crippen LogP contribution is 2.30. The lowest BCUT2D eigenvalue weighted by Crippen LogP contribution is -2.35. The molecule has 1 saturated carbocycles. The molecular formula is C19H26N2O3. The van der Waals surface area contributed by atoms with Gasteiger partial charge in [0, 0.05) is 36.9 Å². The minimum Gasteiger partial charge on any atom is -0.377 e. The fourth-order valence-electron chi connectivity index (χ4n) is 3.69. The molecule has 1 unspecified atom stereocenters. The molecule has 1 aliphatic carbocycles. The molecule has 2 fully saturated rings. The van der Waals surface area contributed by atoms with Crippen LogP contribution in [0.3, 0.4) is 0 Å². The van der Waals surface area contributed by atoms with Crippen LogP contribution < -0.4 is 5.32 Å². The van der Waals surface area contributed by atoms with Crippen molar-refractivity contribution in [3.8, 4) is 0 Å². The van der Waals surface area contributed by atoms with Crippen LogP contribution in [0.2, 0.25) is 0 Å². The van der Waals surface area contributed by atoms with Crippen molar-refractivity contribution in [2.75, 3.05) is 18.5 Å². The highest BCUT2D eigenvalue weighted by Gasteiger charge is 2.38. The summed E-state index contributed by atoms with van der Waals surface area (Å²) >= 11 is 0. The van der Waals surface area contributed by atoms with Crippen LogP contribution in [0.1, 0.15) is 44.6 Å². The van der Waals surface area contributed by atoms with Crippen molar-refractivity contribution < 1.29 is 14.3 Å². The number of para-hydroxylation sites is 1. The number of hydrogen-bond donors (Lipinski definition) is 1. The summed E-state index contributed by atoms with van der Waals surface area (Å²) in [4.78, 5) is 26.8. The monoisotopic (exact) mass is 330 g/mol. The van der Waals surface area contributed by atoms with E-state index in [4.69, 9.17) is 4.74 Å². The largest absolute Gasteiger partial charge is 0.377 e. The Morgan fingerprint density at radius 2 is 2.04 bits per heavy atom. The van der Waals surface area contributed by atoms with Crippen molar-refractivity contribution in [2.24, 2.45) is 5.92 Å². The summed E-state index contributed by atoms with van der Waals surface area (Å²) in [5, 5.41) is 3.00. The Morgan fingerprint density at radius 3 is 2.79 bits per heavy atom. The normalized spacial score (nSPS) is 21.5. The van der Waals surface area contributed by atoms with Crippen molar-refractivity contribution in [2.45, 2.75) is 51.7 Å².